The lowest BCUT2D eigenvalue weighted by molar-refractivity contribution is -0.143. The molecule has 4 amide bonds. The van der Waals surface area contributed by atoms with Gasteiger partial charge in [0.2, 0.25) is 23.6 Å². The van der Waals surface area contributed by atoms with Crippen molar-refractivity contribution in [2.24, 2.45) is 11.8 Å². The molecule has 16 heteroatoms. The monoisotopic (exact) mass is 970 g/mol. The number of benzene rings is 2. The molecule has 2 aromatic carbocycles. The van der Waals surface area contributed by atoms with Crippen LogP contribution in [0.4, 0.5) is 0 Å². The second-order valence-electron chi connectivity index (χ2n) is 18.5. The van der Waals surface area contributed by atoms with Gasteiger partial charge >= 0.3 is 0 Å². The van der Waals surface area contributed by atoms with Crippen molar-refractivity contribution in [3.05, 3.63) is 70.8 Å². The number of carbonyl (C=O) groups excluding carboxylic acids is 12. The van der Waals surface area contributed by atoms with Gasteiger partial charge in [0.1, 0.15) is 36.3 Å². The Balaban J connectivity index is 0.000000370. The van der Waals surface area contributed by atoms with E-state index in [1.54, 1.807) is 13.8 Å². The zero-order valence-corrected chi connectivity index (χ0v) is 41.4. The van der Waals surface area contributed by atoms with Gasteiger partial charge in [0.15, 0.2) is 23.1 Å². The SMILES string of the molecule is CC(=O)CCCC(=O)Cc1ccc(CCC(=O)COCCCC(=O)CN2C(=O)CC(C)C2=O)cc1.CC(=O)CCCC(=O)Cc1ccc(CCC(=O)COCCCC(=O)CN2C(=O)CC(C)C2=O)cc1. The van der Waals surface area contributed by atoms with Crippen LogP contribution in [0.5, 0.6) is 0 Å². The molecule has 2 aliphatic rings. The first kappa shape index (κ1) is 58.3. The highest BCUT2D eigenvalue weighted by molar-refractivity contribution is 6.06. The molecule has 0 bridgehead atoms. The second-order valence-corrected chi connectivity index (χ2v) is 18.5. The van der Waals surface area contributed by atoms with Gasteiger partial charge in [0.05, 0.1) is 13.1 Å². The van der Waals surface area contributed by atoms with Crippen LogP contribution in [-0.4, -0.2) is 119 Å². The Kier molecular flexibility index (Phi) is 26.1. The highest BCUT2D eigenvalue weighted by atomic mass is 16.5. The Morgan fingerprint density at radius 3 is 1.09 bits per heavy atom. The maximum absolute atomic E-state index is 12.1. The van der Waals surface area contributed by atoms with E-state index in [1.165, 1.54) is 13.8 Å². The Labute approximate surface area is 410 Å². The predicted molar refractivity (Wildman–Crippen MR) is 257 cm³/mol. The zero-order chi connectivity index (χ0) is 51.6. The maximum atomic E-state index is 12.1. The number of ether oxygens (including phenoxy) is 2. The number of imide groups is 2. The van der Waals surface area contributed by atoms with Gasteiger partial charge in [-0.1, -0.05) is 62.4 Å². The van der Waals surface area contributed by atoms with E-state index in [-0.39, 0.29) is 147 Å². The molecule has 0 spiro atoms. The summed E-state index contributed by atoms with van der Waals surface area (Å²) in [5, 5.41) is 0. The second kappa shape index (κ2) is 31.3. The first-order chi connectivity index (χ1) is 33.3. The number of carbonyl (C=O) groups is 12. The normalized spacial score (nSPS) is 15.5. The van der Waals surface area contributed by atoms with Gasteiger partial charge in [0.25, 0.3) is 0 Å². The number of hydrogen-bond donors (Lipinski definition) is 0. The molecule has 0 radical (unpaired) electrons. The van der Waals surface area contributed by atoms with E-state index in [2.05, 4.69) is 0 Å². The minimum absolute atomic E-state index is 0.0261. The van der Waals surface area contributed by atoms with Gasteiger partial charge < -0.3 is 19.1 Å². The number of likely N-dealkylation sites (tertiary alicyclic amines) is 2. The molecule has 0 saturated carbocycles. The quantitative estimate of drug-likeness (QED) is 0.0611. The van der Waals surface area contributed by atoms with Crippen LogP contribution in [0.15, 0.2) is 48.5 Å². The molecule has 70 heavy (non-hydrogen) atoms. The number of hydrogen-bond acceptors (Lipinski definition) is 14. The summed E-state index contributed by atoms with van der Waals surface area (Å²) in [5.41, 5.74) is 3.83. The third-order valence-electron chi connectivity index (χ3n) is 11.8. The number of Topliss-reactive ketones (excluding diaryl/α,β-unsaturated/α-hetero) is 8. The van der Waals surface area contributed by atoms with E-state index in [0.29, 0.717) is 89.9 Å². The van der Waals surface area contributed by atoms with E-state index in [0.717, 1.165) is 32.1 Å². The predicted octanol–water partition coefficient (Wildman–Crippen LogP) is 5.64. The highest BCUT2D eigenvalue weighted by Gasteiger charge is 2.37. The lowest BCUT2D eigenvalue weighted by Gasteiger charge is -2.13. The first-order valence-corrected chi connectivity index (χ1v) is 24.4. The van der Waals surface area contributed by atoms with Crippen molar-refractivity contribution in [1.82, 2.24) is 9.80 Å². The van der Waals surface area contributed by atoms with E-state index < -0.39 is 0 Å². The van der Waals surface area contributed by atoms with Crippen LogP contribution in [0.1, 0.15) is 140 Å². The summed E-state index contributed by atoms with van der Waals surface area (Å²) < 4.78 is 10.7. The van der Waals surface area contributed by atoms with Crippen molar-refractivity contribution in [3.8, 4) is 0 Å². The number of aryl methyl sites for hydroxylation is 2. The molecule has 380 valence electrons. The van der Waals surface area contributed by atoms with Crippen LogP contribution in [0, 0.1) is 11.8 Å². The van der Waals surface area contributed by atoms with Crippen molar-refractivity contribution in [1.29, 1.82) is 0 Å². The third-order valence-corrected chi connectivity index (χ3v) is 11.8. The van der Waals surface area contributed by atoms with Crippen LogP contribution in [0.2, 0.25) is 0 Å². The van der Waals surface area contributed by atoms with E-state index >= 15 is 0 Å². The minimum Gasteiger partial charge on any atom is -0.374 e. The lowest BCUT2D eigenvalue weighted by Crippen LogP contribution is -2.35. The van der Waals surface area contributed by atoms with Crippen molar-refractivity contribution < 1.29 is 67.0 Å². The summed E-state index contributed by atoms with van der Waals surface area (Å²) in [5.74, 6) is -1.98. The summed E-state index contributed by atoms with van der Waals surface area (Å²) in [6.07, 6.45) is 6.89. The summed E-state index contributed by atoms with van der Waals surface area (Å²) in [4.78, 5) is 143. The Morgan fingerprint density at radius 2 is 0.771 bits per heavy atom. The van der Waals surface area contributed by atoms with Crippen molar-refractivity contribution in [2.45, 2.75) is 143 Å². The van der Waals surface area contributed by atoms with Gasteiger partial charge in [0, 0.05) is 102 Å². The molecule has 0 aliphatic carbocycles. The molecule has 4 rings (SSSR count). The minimum atomic E-state index is -0.360. The average molecular weight is 971 g/mol. The summed E-state index contributed by atoms with van der Waals surface area (Å²) in [6, 6.07) is 15.2. The highest BCUT2D eigenvalue weighted by Crippen LogP contribution is 2.20. The van der Waals surface area contributed by atoms with Crippen molar-refractivity contribution in [2.75, 3.05) is 39.5 Å². The summed E-state index contributed by atoms with van der Waals surface area (Å²) in [6.45, 7) is 6.48. The Morgan fingerprint density at radius 1 is 0.443 bits per heavy atom. The van der Waals surface area contributed by atoms with Crippen molar-refractivity contribution >= 4 is 69.9 Å². The molecule has 2 saturated heterocycles. The smallest absolute Gasteiger partial charge is 0.232 e. The largest absolute Gasteiger partial charge is 0.374 e. The standard InChI is InChI=1S/2C27H35NO7/c2*1-19-15-26(33)28(27(19)34)17-24(31)7-4-14-35-18-25(32)13-12-21-8-10-22(11-9-21)16-23(30)6-3-5-20(2)29/h2*8-11,19H,3-7,12-18H2,1-2H3. The molecule has 2 aliphatic heterocycles. The molecule has 2 atom stereocenters. The van der Waals surface area contributed by atoms with E-state index in [1.807, 2.05) is 48.5 Å². The Hall–Kier alpha value is -6.00. The molecular formula is C54H70N2O14. The molecule has 0 N–H and O–H groups in total. The molecular weight excluding hydrogens is 901 g/mol. The molecule has 2 fully saturated rings. The molecule has 0 aromatic heterocycles. The van der Waals surface area contributed by atoms with Gasteiger partial charge in [-0.25, -0.2) is 0 Å². The fourth-order valence-corrected chi connectivity index (χ4v) is 7.72. The van der Waals surface area contributed by atoms with Gasteiger partial charge in [-0.05, 0) is 74.6 Å². The van der Waals surface area contributed by atoms with E-state index in [4.69, 9.17) is 9.47 Å². The van der Waals surface area contributed by atoms with Crippen molar-refractivity contribution in [3.63, 3.8) is 0 Å². The summed E-state index contributed by atoms with van der Waals surface area (Å²) >= 11 is 0. The topological polar surface area (TPSA) is 230 Å². The van der Waals surface area contributed by atoms with Gasteiger partial charge in [-0.3, -0.25) is 57.7 Å². The van der Waals surface area contributed by atoms with Crippen LogP contribution >= 0.6 is 0 Å². The first-order valence-electron chi connectivity index (χ1n) is 24.4. The number of amides is 4. The van der Waals surface area contributed by atoms with Gasteiger partial charge in [-0.15, -0.1) is 0 Å². The molecule has 2 aromatic rings. The number of ketones is 8. The summed E-state index contributed by atoms with van der Waals surface area (Å²) in [7, 11) is 0. The average Bonchev–Trinajstić information content (AvgIpc) is 3.69. The maximum Gasteiger partial charge on any atom is 0.232 e. The number of nitrogens with zero attached hydrogens (tertiary/aromatic N) is 2. The Bertz CT molecular complexity index is 2020. The van der Waals surface area contributed by atoms with E-state index in [9.17, 15) is 57.5 Å². The molecule has 2 unspecified atom stereocenters. The zero-order valence-electron chi connectivity index (χ0n) is 41.4. The fourth-order valence-electron chi connectivity index (χ4n) is 7.72. The fraction of sp³-hybridized carbons (Fsp3) is 0.556. The number of rotatable bonds is 34. The lowest BCUT2D eigenvalue weighted by atomic mass is 10.0. The van der Waals surface area contributed by atoms with Crippen LogP contribution < -0.4 is 0 Å². The van der Waals surface area contributed by atoms with Crippen LogP contribution in [0.3, 0.4) is 0 Å². The third kappa shape index (κ3) is 23.1. The van der Waals surface area contributed by atoms with Gasteiger partial charge in [-0.2, -0.15) is 0 Å². The van der Waals surface area contributed by atoms with Crippen LogP contribution in [0.25, 0.3) is 0 Å². The molecule has 16 nitrogen and oxygen atoms in total. The van der Waals surface area contributed by atoms with Crippen LogP contribution in [-0.2, 0) is 92.7 Å². The molecule has 2 heterocycles.